The van der Waals surface area contributed by atoms with Gasteiger partial charge in [0.05, 0.1) is 11.7 Å². The fourth-order valence-electron chi connectivity index (χ4n) is 1.30. The topological polar surface area (TPSA) is 78.8 Å². The van der Waals surface area contributed by atoms with Gasteiger partial charge < -0.3 is 16.0 Å². The summed E-state index contributed by atoms with van der Waals surface area (Å²) in [5, 5.41) is 20.7. The minimum Gasteiger partial charge on any atom is -0.409 e. The number of nitrogens with zero attached hydrogens (tertiary/aromatic N) is 1. The molecule has 0 fully saturated rings. The van der Waals surface area contributed by atoms with Gasteiger partial charge in [0.2, 0.25) is 0 Å². The molecule has 0 amide bonds. The zero-order valence-electron chi connectivity index (χ0n) is 10.3. The summed E-state index contributed by atoms with van der Waals surface area (Å²) in [6.45, 7) is 3.57. The van der Waals surface area contributed by atoms with Gasteiger partial charge in [0, 0.05) is 11.0 Å². The van der Waals surface area contributed by atoms with Crippen molar-refractivity contribution >= 4 is 17.6 Å². The van der Waals surface area contributed by atoms with Gasteiger partial charge in [0.15, 0.2) is 5.84 Å². The van der Waals surface area contributed by atoms with E-state index in [4.69, 9.17) is 10.9 Å². The number of aliphatic hydroxyl groups is 1. The highest BCUT2D eigenvalue weighted by Gasteiger charge is 2.14. The number of oxime groups is 1. The van der Waals surface area contributed by atoms with Crippen LogP contribution < -0.4 is 5.73 Å². The van der Waals surface area contributed by atoms with Crippen molar-refractivity contribution in [1.29, 1.82) is 0 Å². The third kappa shape index (κ3) is 3.61. The van der Waals surface area contributed by atoms with Crippen LogP contribution in [0, 0.1) is 5.82 Å². The van der Waals surface area contributed by atoms with Crippen molar-refractivity contribution in [2.45, 2.75) is 31.0 Å². The summed E-state index contributed by atoms with van der Waals surface area (Å²) in [5.74, 6) is -0.314. The van der Waals surface area contributed by atoms with Gasteiger partial charge in [-0.3, -0.25) is 0 Å². The first-order valence-corrected chi connectivity index (χ1v) is 6.57. The van der Waals surface area contributed by atoms with Crippen molar-refractivity contribution in [1.82, 2.24) is 0 Å². The number of benzene rings is 1. The van der Waals surface area contributed by atoms with Crippen molar-refractivity contribution < 1.29 is 14.7 Å². The molecule has 1 aromatic rings. The molecular formula is C12H17FN2O2S. The lowest BCUT2D eigenvalue weighted by atomic mass is 10.1. The molecule has 0 radical (unpaired) electrons. The molecule has 0 saturated carbocycles. The quantitative estimate of drug-likeness (QED) is 0.331. The largest absolute Gasteiger partial charge is 0.409 e. The highest BCUT2D eigenvalue weighted by Crippen LogP contribution is 2.23. The number of thioether (sulfide) groups is 1. The highest BCUT2D eigenvalue weighted by molar-refractivity contribution is 7.99. The second-order valence-electron chi connectivity index (χ2n) is 4.02. The molecule has 0 heterocycles. The van der Waals surface area contributed by atoms with E-state index in [0.29, 0.717) is 11.3 Å². The van der Waals surface area contributed by atoms with Crippen LogP contribution in [0.5, 0.6) is 0 Å². The van der Waals surface area contributed by atoms with E-state index in [1.807, 2.05) is 6.92 Å². The molecule has 0 aliphatic rings. The third-order valence-electron chi connectivity index (χ3n) is 2.64. The van der Waals surface area contributed by atoms with Gasteiger partial charge in [0.25, 0.3) is 0 Å². The molecule has 4 N–H and O–H groups in total. The molecule has 0 saturated heterocycles. The van der Waals surface area contributed by atoms with Crippen molar-refractivity contribution in [3.05, 3.63) is 35.1 Å². The van der Waals surface area contributed by atoms with Crippen molar-refractivity contribution in [2.24, 2.45) is 10.9 Å². The predicted molar refractivity (Wildman–Crippen MR) is 71.3 cm³/mol. The molecule has 100 valence electrons. The molecule has 2 unspecified atom stereocenters. The first kappa shape index (κ1) is 14.8. The fraction of sp³-hybridized carbons (Fsp3) is 0.417. The third-order valence-corrected chi connectivity index (χ3v) is 4.04. The molecule has 6 heteroatoms. The van der Waals surface area contributed by atoms with E-state index in [1.54, 1.807) is 19.1 Å². The molecule has 0 aliphatic heterocycles. The van der Waals surface area contributed by atoms with E-state index in [2.05, 4.69) is 5.16 Å². The van der Waals surface area contributed by atoms with Gasteiger partial charge >= 0.3 is 0 Å². The Kier molecular flexibility index (Phi) is 5.43. The summed E-state index contributed by atoms with van der Waals surface area (Å²) in [6.07, 6.45) is -0.453. The van der Waals surface area contributed by atoms with E-state index in [-0.39, 0.29) is 16.6 Å². The maximum absolute atomic E-state index is 14.0. The Bertz CT molecular complexity index is 438. The zero-order chi connectivity index (χ0) is 13.7. The van der Waals surface area contributed by atoms with Crippen LogP contribution in [0.4, 0.5) is 4.39 Å². The maximum atomic E-state index is 14.0. The van der Waals surface area contributed by atoms with E-state index >= 15 is 0 Å². The van der Waals surface area contributed by atoms with Gasteiger partial charge in [-0.15, -0.1) is 0 Å². The van der Waals surface area contributed by atoms with E-state index in [1.165, 1.54) is 17.8 Å². The van der Waals surface area contributed by atoms with E-state index in [9.17, 15) is 9.50 Å². The second-order valence-corrected chi connectivity index (χ2v) is 5.39. The van der Waals surface area contributed by atoms with Crippen molar-refractivity contribution in [3.8, 4) is 0 Å². The number of rotatable bonds is 5. The van der Waals surface area contributed by atoms with Crippen LogP contribution in [0.1, 0.15) is 25.0 Å². The van der Waals surface area contributed by atoms with Crippen molar-refractivity contribution in [2.75, 3.05) is 0 Å². The molecule has 0 spiro atoms. The summed E-state index contributed by atoms with van der Waals surface area (Å²) < 4.78 is 14.0. The number of nitrogens with two attached hydrogens (primary N) is 1. The van der Waals surface area contributed by atoms with Crippen LogP contribution >= 0.6 is 11.8 Å². The fourth-order valence-corrected chi connectivity index (χ4v) is 2.25. The Hall–Kier alpha value is -1.27. The number of amidine groups is 1. The highest BCUT2D eigenvalue weighted by atomic mass is 32.2. The number of hydrogen-bond donors (Lipinski definition) is 3. The van der Waals surface area contributed by atoms with Gasteiger partial charge in [-0.25, -0.2) is 4.39 Å². The van der Waals surface area contributed by atoms with E-state index < -0.39 is 11.9 Å². The minimum atomic E-state index is -0.488. The Morgan fingerprint density at radius 3 is 2.72 bits per heavy atom. The summed E-state index contributed by atoms with van der Waals surface area (Å²) in [6, 6.07) is 4.75. The van der Waals surface area contributed by atoms with Gasteiger partial charge in [0.1, 0.15) is 5.82 Å². The number of halogens is 1. The Balaban J connectivity index is 2.85. The van der Waals surface area contributed by atoms with Gasteiger partial charge in [-0.2, -0.15) is 11.8 Å². The number of hydrogen-bond acceptors (Lipinski definition) is 4. The molecule has 0 aromatic heterocycles. The lowest BCUT2D eigenvalue weighted by molar-refractivity contribution is 0.196. The molecule has 4 nitrogen and oxygen atoms in total. The average molecular weight is 272 g/mol. The Morgan fingerprint density at radius 2 is 2.17 bits per heavy atom. The smallest absolute Gasteiger partial charge is 0.173 e. The first-order valence-electron chi connectivity index (χ1n) is 5.52. The lowest BCUT2D eigenvalue weighted by Gasteiger charge is -2.14. The number of aliphatic hydroxyl groups excluding tert-OH is 1. The summed E-state index contributed by atoms with van der Waals surface area (Å²) >= 11 is 1.45. The molecule has 2 atom stereocenters. The van der Waals surface area contributed by atoms with Gasteiger partial charge in [-0.05, 0) is 18.6 Å². The minimum absolute atomic E-state index is 0.0110. The molecule has 18 heavy (non-hydrogen) atoms. The van der Waals surface area contributed by atoms with Crippen LogP contribution in [0.2, 0.25) is 0 Å². The van der Waals surface area contributed by atoms with Crippen LogP contribution in [-0.4, -0.2) is 27.5 Å². The standard InChI is InChI=1S/C12H17FN2O2S/c1-7(16)8(2)18-6-9-4-3-5-10(11(9)13)12(14)15-17/h3-5,7-8,16-17H,6H2,1-2H3,(H2,14,15). The van der Waals surface area contributed by atoms with Gasteiger partial charge in [-0.1, -0.05) is 24.2 Å². The Labute approximate surface area is 110 Å². The summed E-state index contributed by atoms with van der Waals surface area (Å²) in [7, 11) is 0. The molecular weight excluding hydrogens is 255 g/mol. The van der Waals surface area contributed by atoms with Crippen molar-refractivity contribution in [3.63, 3.8) is 0 Å². The predicted octanol–water partition coefficient (Wildman–Crippen LogP) is 1.92. The lowest BCUT2D eigenvalue weighted by Crippen LogP contribution is -2.17. The SMILES string of the molecule is CC(O)C(C)SCc1cccc(/C(N)=N/O)c1F. The van der Waals surface area contributed by atoms with Crippen LogP contribution in [0.15, 0.2) is 23.4 Å². The molecule has 0 aliphatic carbocycles. The van der Waals surface area contributed by atoms with Crippen LogP contribution in [0.3, 0.4) is 0 Å². The summed E-state index contributed by atoms with van der Waals surface area (Å²) in [5.41, 5.74) is 5.93. The first-order chi connectivity index (χ1) is 8.47. The maximum Gasteiger partial charge on any atom is 0.173 e. The van der Waals surface area contributed by atoms with E-state index in [0.717, 1.165) is 0 Å². The molecule has 1 aromatic carbocycles. The average Bonchev–Trinajstić information content (AvgIpc) is 2.36. The molecule has 0 bridgehead atoms. The second kappa shape index (κ2) is 6.61. The van der Waals surface area contributed by atoms with Crippen LogP contribution in [0.25, 0.3) is 0 Å². The van der Waals surface area contributed by atoms with Crippen LogP contribution in [-0.2, 0) is 5.75 Å². The monoisotopic (exact) mass is 272 g/mol. The zero-order valence-corrected chi connectivity index (χ0v) is 11.1. The summed E-state index contributed by atoms with van der Waals surface area (Å²) in [4.78, 5) is 0. The Morgan fingerprint density at radius 1 is 1.50 bits per heavy atom. The normalized spacial score (nSPS) is 15.4. The molecule has 1 rings (SSSR count).